The number of rotatable bonds is 3. The van der Waals surface area contributed by atoms with Gasteiger partial charge >= 0.3 is 0 Å². The highest BCUT2D eigenvalue weighted by Crippen LogP contribution is 2.46. The number of methoxy groups -OCH3 is 1. The molecule has 3 nitrogen and oxygen atoms in total. The van der Waals surface area contributed by atoms with E-state index >= 15 is 0 Å². The molecule has 0 aromatic carbocycles. The van der Waals surface area contributed by atoms with Crippen LogP contribution in [0.1, 0.15) is 67.1 Å². The van der Waals surface area contributed by atoms with Gasteiger partial charge in [-0.1, -0.05) is 13.3 Å². The topological polar surface area (TPSA) is 34.2 Å². The molecule has 0 saturated heterocycles. The third-order valence-corrected chi connectivity index (χ3v) is 6.43. The molecule has 1 fully saturated rings. The Morgan fingerprint density at radius 2 is 2.20 bits per heavy atom. The fourth-order valence-corrected chi connectivity index (χ4v) is 5.32. The van der Waals surface area contributed by atoms with Gasteiger partial charge in [0, 0.05) is 18.0 Å². The molecule has 112 valence electrons. The number of ether oxygens (including phenoxy) is 1. The molecule has 1 aromatic rings. The molecule has 2 aliphatic rings. The summed E-state index contributed by atoms with van der Waals surface area (Å²) in [4.78, 5) is 6.47. The van der Waals surface area contributed by atoms with Crippen LogP contribution in [0.15, 0.2) is 0 Å². The van der Waals surface area contributed by atoms with Crippen LogP contribution in [0.2, 0.25) is 0 Å². The molecule has 3 unspecified atom stereocenters. The zero-order valence-corrected chi connectivity index (χ0v) is 13.7. The Morgan fingerprint density at radius 3 is 2.90 bits per heavy atom. The summed E-state index contributed by atoms with van der Waals surface area (Å²) in [6, 6.07) is 0.500. The maximum Gasteiger partial charge on any atom is 0.125 e. The number of aromatic nitrogens is 1. The van der Waals surface area contributed by atoms with Crippen molar-refractivity contribution in [2.45, 2.75) is 63.5 Å². The van der Waals surface area contributed by atoms with Crippen molar-refractivity contribution < 1.29 is 4.74 Å². The Hall–Kier alpha value is -0.450. The standard InChI is InChI=1S/C16H26N2OS/c1-11-6-5-9-16(10-11,19-3)15-18-13-8-4-7-12(17-2)14(13)20-15/h11-12,17H,4-10H2,1-3H3. The zero-order valence-electron chi connectivity index (χ0n) is 12.9. The van der Waals surface area contributed by atoms with Crippen LogP contribution in [0, 0.1) is 5.92 Å². The van der Waals surface area contributed by atoms with Crippen LogP contribution in [-0.4, -0.2) is 19.1 Å². The molecule has 1 aromatic heterocycles. The van der Waals surface area contributed by atoms with Gasteiger partial charge in [-0.15, -0.1) is 11.3 Å². The SMILES string of the molecule is CNC1CCCc2nc(C3(OC)CCCC(C)C3)sc21. The molecule has 2 aliphatic carbocycles. The molecule has 0 radical (unpaired) electrons. The molecule has 0 bridgehead atoms. The van der Waals surface area contributed by atoms with E-state index in [-0.39, 0.29) is 5.60 Å². The molecule has 0 spiro atoms. The van der Waals surface area contributed by atoms with Crippen molar-refractivity contribution in [3.63, 3.8) is 0 Å². The van der Waals surface area contributed by atoms with Gasteiger partial charge in [-0.3, -0.25) is 0 Å². The normalized spacial score (nSPS) is 34.0. The van der Waals surface area contributed by atoms with Crippen LogP contribution in [0.5, 0.6) is 0 Å². The summed E-state index contributed by atoms with van der Waals surface area (Å²) in [5.41, 5.74) is 1.21. The minimum Gasteiger partial charge on any atom is -0.371 e. The van der Waals surface area contributed by atoms with Crippen molar-refractivity contribution in [2.75, 3.05) is 14.2 Å². The Kier molecular flexibility index (Phi) is 4.16. The first-order valence-corrected chi connectivity index (χ1v) is 8.72. The summed E-state index contributed by atoms with van der Waals surface area (Å²) in [7, 11) is 3.93. The van der Waals surface area contributed by atoms with Gasteiger partial charge in [0.1, 0.15) is 10.6 Å². The largest absolute Gasteiger partial charge is 0.371 e. The van der Waals surface area contributed by atoms with Crippen LogP contribution < -0.4 is 5.32 Å². The van der Waals surface area contributed by atoms with Crippen LogP contribution in [0.25, 0.3) is 0 Å². The van der Waals surface area contributed by atoms with E-state index in [2.05, 4.69) is 19.3 Å². The predicted octanol–water partition coefficient (Wildman–Crippen LogP) is 3.79. The highest BCUT2D eigenvalue weighted by molar-refractivity contribution is 7.12. The second-order valence-corrected chi connectivity index (χ2v) is 7.49. The summed E-state index contributed by atoms with van der Waals surface area (Å²) < 4.78 is 6.01. The molecule has 1 saturated carbocycles. The van der Waals surface area contributed by atoms with Crippen molar-refractivity contribution >= 4 is 11.3 Å². The number of nitrogens with one attached hydrogen (secondary N) is 1. The fraction of sp³-hybridized carbons (Fsp3) is 0.812. The number of fused-ring (bicyclic) bond motifs is 1. The van der Waals surface area contributed by atoms with E-state index in [9.17, 15) is 0 Å². The lowest BCUT2D eigenvalue weighted by Gasteiger charge is -2.37. The number of hydrogen-bond acceptors (Lipinski definition) is 4. The molecular weight excluding hydrogens is 268 g/mol. The molecule has 3 atom stereocenters. The van der Waals surface area contributed by atoms with Crippen molar-refractivity contribution in [3.05, 3.63) is 15.6 Å². The van der Waals surface area contributed by atoms with Crippen LogP contribution >= 0.6 is 11.3 Å². The van der Waals surface area contributed by atoms with Crippen molar-refractivity contribution in [1.29, 1.82) is 0 Å². The Labute approximate surface area is 126 Å². The number of hydrogen-bond donors (Lipinski definition) is 1. The minimum atomic E-state index is -0.113. The molecule has 0 aliphatic heterocycles. The van der Waals surface area contributed by atoms with Gasteiger partial charge in [0.15, 0.2) is 0 Å². The second-order valence-electron chi connectivity index (χ2n) is 6.46. The first-order valence-electron chi connectivity index (χ1n) is 7.91. The van der Waals surface area contributed by atoms with Gasteiger partial charge in [-0.05, 0) is 51.5 Å². The predicted molar refractivity (Wildman–Crippen MR) is 83.2 cm³/mol. The van der Waals surface area contributed by atoms with Gasteiger partial charge in [-0.25, -0.2) is 4.98 Å². The van der Waals surface area contributed by atoms with Gasteiger partial charge in [0.05, 0.1) is 5.69 Å². The lowest BCUT2D eigenvalue weighted by molar-refractivity contribution is -0.0581. The van der Waals surface area contributed by atoms with Crippen molar-refractivity contribution in [2.24, 2.45) is 5.92 Å². The van der Waals surface area contributed by atoms with E-state index < -0.39 is 0 Å². The summed E-state index contributed by atoms with van der Waals surface area (Å²) in [6.45, 7) is 2.34. The Bertz CT molecular complexity index is 473. The quantitative estimate of drug-likeness (QED) is 0.921. The maximum absolute atomic E-state index is 6.01. The van der Waals surface area contributed by atoms with E-state index in [1.165, 1.54) is 41.3 Å². The van der Waals surface area contributed by atoms with Gasteiger partial charge in [0.2, 0.25) is 0 Å². The fourth-order valence-electron chi connectivity index (χ4n) is 3.86. The number of aryl methyl sites for hydroxylation is 1. The van der Waals surface area contributed by atoms with E-state index in [0.717, 1.165) is 25.2 Å². The average molecular weight is 294 g/mol. The highest BCUT2D eigenvalue weighted by atomic mass is 32.1. The van der Waals surface area contributed by atoms with Crippen LogP contribution in [-0.2, 0) is 16.8 Å². The average Bonchev–Trinajstić information content (AvgIpc) is 2.91. The van der Waals surface area contributed by atoms with Gasteiger partial charge in [0.25, 0.3) is 0 Å². The maximum atomic E-state index is 6.01. The zero-order chi connectivity index (χ0) is 14.2. The lowest BCUT2D eigenvalue weighted by atomic mass is 9.79. The number of thiazole rings is 1. The molecule has 20 heavy (non-hydrogen) atoms. The van der Waals surface area contributed by atoms with Gasteiger partial charge in [-0.2, -0.15) is 0 Å². The summed E-state index contributed by atoms with van der Waals surface area (Å²) in [5, 5.41) is 4.68. The Morgan fingerprint density at radius 1 is 1.35 bits per heavy atom. The summed E-state index contributed by atoms with van der Waals surface area (Å²) >= 11 is 1.90. The number of nitrogens with zero attached hydrogens (tertiary/aromatic N) is 1. The molecule has 4 heteroatoms. The first-order chi connectivity index (χ1) is 9.68. The third kappa shape index (κ3) is 2.42. The van der Waals surface area contributed by atoms with E-state index in [1.807, 2.05) is 18.4 Å². The molecule has 1 N–H and O–H groups in total. The molecular formula is C16H26N2OS. The summed E-state index contributed by atoms with van der Waals surface area (Å²) in [6.07, 6.45) is 8.47. The molecule has 3 rings (SSSR count). The van der Waals surface area contributed by atoms with Crippen LogP contribution in [0.3, 0.4) is 0 Å². The van der Waals surface area contributed by atoms with Crippen LogP contribution in [0.4, 0.5) is 0 Å². The lowest BCUT2D eigenvalue weighted by Crippen LogP contribution is -2.34. The van der Waals surface area contributed by atoms with Crippen molar-refractivity contribution in [1.82, 2.24) is 10.3 Å². The molecule has 1 heterocycles. The minimum absolute atomic E-state index is 0.113. The monoisotopic (exact) mass is 294 g/mol. The van der Waals surface area contributed by atoms with E-state index in [1.54, 1.807) is 0 Å². The summed E-state index contributed by atoms with van der Waals surface area (Å²) in [5.74, 6) is 0.740. The first kappa shape index (κ1) is 14.5. The third-order valence-electron chi connectivity index (χ3n) is 5.04. The smallest absolute Gasteiger partial charge is 0.125 e. The highest BCUT2D eigenvalue weighted by Gasteiger charge is 2.40. The van der Waals surface area contributed by atoms with E-state index in [0.29, 0.717) is 6.04 Å². The van der Waals surface area contributed by atoms with Gasteiger partial charge < -0.3 is 10.1 Å². The van der Waals surface area contributed by atoms with Crippen molar-refractivity contribution in [3.8, 4) is 0 Å². The second kappa shape index (κ2) is 5.74. The molecule has 0 amide bonds. The Balaban J connectivity index is 1.95. The van der Waals surface area contributed by atoms with E-state index in [4.69, 9.17) is 9.72 Å².